The second-order valence-corrected chi connectivity index (χ2v) is 18.0. The van der Waals surface area contributed by atoms with Crippen molar-refractivity contribution in [2.24, 2.45) is 0 Å². The summed E-state index contributed by atoms with van der Waals surface area (Å²) in [6.45, 7) is 26.6. The Morgan fingerprint density at radius 3 is 1.30 bits per heavy atom. The van der Waals surface area contributed by atoms with Crippen LogP contribution in [0, 0.1) is 0 Å². The molecule has 0 saturated carbocycles. The van der Waals surface area contributed by atoms with Crippen molar-refractivity contribution in [2.45, 2.75) is 145 Å². The van der Waals surface area contributed by atoms with Crippen LogP contribution in [0.25, 0.3) is 0 Å². The van der Waals surface area contributed by atoms with Gasteiger partial charge in [-0.05, 0) is 135 Å². The Kier molecular flexibility index (Phi) is 33.7. The van der Waals surface area contributed by atoms with E-state index in [9.17, 15) is 24.6 Å². The van der Waals surface area contributed by atoms with Gasteiger partial charge in [-0.2, -0.15) is 0 Å². The summed E-state index contributed by atoms with van der Waals surface area (Å²) in [5.74, 6) is 0. The van der Waals surface area contributed by atoms with Crippen LogP contribution >= 0.6 is 0 Å². The highest BCUT2D eigenvalue weighted by atomic mass is 16.8. The van der Waals surface area contributed by atoms with Crippen LogP contribution in [0.15, 0.2) is 36.4 Å². The Balaban J connectivity index is 0.000000957. The van der Waals surface area contributed by atoms with Gasteiger partial charge in [0, 0.05) is 44.3 Å². The lowest BCUT2D eigenvalue weighted by Gasteiger charge is -2.28. The van der Waals surface area contributed by atoms with Crippen molar-refractivity contribution >= 4 is 29.8 Å². The van der Waals surface area contributed by atoms with Crippen molar-refractivity contribution in [2.75, 3.05) is 89.4 Å². The van der Waals surface area contributed by atoms with E-state index in [0.29, 0.717) is 69.6 Å². The minimum absolute atomic E-state index is 0.0339. The highest BCUT2D eigenvalue weighted by Gasteiger charge is 2.25. The van der Waals surface area contributed by atoms with Crippen molar-refractivity contribution in [1.29, 1.82) is 0 Å². The molecule has 0 radical (unpaired) electrons. The van der Waals surface area contributed by atoms with Crippen LogP contribution < -0.4 is 10.2 Å². The second kappa shape index (κ2) is 36.0. The van der Waals surface area contributed by atoms with Crippen molar-refractivity contribution in [3.8, 4) is 0 Å². The minimum Gasteiger partial charge on any atom is -0.443 e. The van der Waals surface area contributed by atoms with Gasteiger partial charge < -0.3 is 68.4 Å². The van der Waals surface area contributed by atoms with Crippen molar-refractivity contribution in [3.63, 3.8) is 0 Å². The molecule has 0 aliphatic carbocycles. The molecule has 0 atom stereocenters. The van der Waals surface area contributed by atoms with Crippen LogP contribution in [0.5, 0.6) is 0 Å². The summed E-state index contributed by atoms with van der Waals surface area (Å²) in [7, 11) is 0. The third-order valence-electron chi connectivity index (χ3n) is 7.99. The van der Waals surface area contributed by atoms with Crippen molar-refractivity contribution in [3.05, 3.63) is 58.7 Å². The third kappa shape index (κ3) is 35.7. The number of anilines is 2. The number of carbonyl (C=O) groups is 3. The summed E-state index contributed by atoms with van der Waals surface area (Å²) in [5, 5.41) is 40.4. The number of aliphatic hydroxyl groups excluding tert-OH is 4. The number of amides is 1. The lowest BCUT2D eigenvalue weighted by molar-refractivity contribution is -0.0294. The lowest BCUT2D eigenvalue weighted by Crippen LogP contribution is -2.39. The zero-order chi connectivity index (χ0) is 50.7. The van der Waals surface area contributed by atoms with Gasteiger partial charge in [0.15, 0.2) is 0 Å². The average Bonchev–Trinajstić information content (AvgIpc) is 3.84. The van der Waals surface area contributed by atoms with E-state index in [1.807, 2.05) is 19.1 Å². The molecular formula is C49H84N2O16. The van der Waals surface area contributed by atoms with E-state index in [4.69, 9.17) is 48.1 Å². The minimum atomic E-state index is -1.06. The maximum absolute atomic E-state index is 12.7. The number of nitrogens with one attached hydrogen (secondary N) is 1. The average molecular weight is 957 g/mol. The first-order valence-electron chi connectivity index (χ1n) is 23.1. The largest absolute Gasteiger partial charge is 0.519 e. The van der Waals surface area contributed by atoms with E-state index in [0.717, 1.165) is 49.5 Å². The summed E-state index contributed by atoms with van der Waals surface area (Å²) in [4.78, 5) is 36.1. The van der Waals surface area contributed by atoms with Crippen LogP contribution in [0.3, 0.4) is 0 Å². The molecule has 0 aromatic heterocycles. The van der Waals surface area contributed by atoms with E-state index in [2.05, 4.69) is 17.0 Å². The van der Waals surface area contributed by atoms with E-state index in [1.54, 1.807) is 86.6 Å². The Morgan fingerprint density at radius 1 is 0.552 bits per heavy atom. The number of hydrogen-bond acceptors (Lipinski definition) is 17. The standard InChI is InChI=1S/C20H33NO6.C15H25NO4.C10H18O5.C4H8O/c1-5-7-25-9-10-26-8-6-21(19(24)27-20(2,3)4)18-12-16(14-22)11-17(13-18)15-23;1-2-4-19-6-7-20-5-3-16-15-9-13(11-17)8-14(10-15)12-18;1-9(2,3)14-7(11)13-8(12)15-10(4,5)6;1-2-4-5-3-1/h11-13,22-23H,5-10,14-15H2,1-4H3;8-10,16-18H,2-7,11-12H2,1H3;1-6H3;1-4H2. The number of ether oxygens (including phenoxy) is 9. The molecule has 5 N–H and O–H groups in total. The summed E-state index contributed by atoms with van der Waals surface area (Å²) in [6.07, 6.45) is 1.91. The van der Waals surface area contributed by atoms with Gasteiger partial charge in [0.05, 0.1) is 72.6 Å². The molecule has 1 fully saturated rings. The molecule has 1 aliphatic heterocycles. The quantitative estimate of drug-likeness (QED) is 0.0325. The highest BCUT2D eigenvalue weighted by molar-refractivity contribution is 5.88. The smallest absolute Gasteiger partial charge is 0.443 e. The van der Waals surface area contributed by atoms with Gasteiger partial charge >= 0.3 is 18.4 Å². The molecule has 0 unspecified atom stereocenters. The van der Waals surface area contributed by atoms with E-state index in [1.165, 1.54) is 17.7 Å². The first kappa shape index (κ1) is 62.9. The molecule has 0 spiro atoms. The molecule has 1 saturated heterocycles. The molecule has 1 heterocycles. The summed E-state index contributed by atoms with van der Waals surface area (Å²) in [6, 6.07) is 10.6. The van der Waals surface area contributed by atoms with Gasteiger partial charge in [-0.3, -0.25) is 4.90 Å². The predicted molar refractivity (Wildman–Crippen MR) is 256 cm³/mol. The number of aliphatic hydroxyl groups is 4. The zero-order valence-electron chi connectivity index (χ0n) is 42.2. The van der Waals surface area contributed by atoms with Crippen LogP contribution in [-0.2, 0) is 69.1 Å². The monoisotopic (exact) mass is 957 g/mol. The molecule has 1 aliphatic rings. The van der Waals surface area contributed by atoms with Gasteiger partial charge in [-0.25, -0.2) is 14.4 Å². The second-order valence-electron chi connectivity index (χ2n) is 18.0. The molecule has 18 nitrogen and oxygen atoms in total. The number of hydrogen-bond donors (Lipinski definition) is 5. The van der Waals surface area contributed by atoms with Crippen molar-refractivity contribution < 1.29 is 77.4 Å². The molecule has 18 heteroatoms. The van der Waals surface area contributed by atoms with Gasteiger partial charge in [-0.1, -0.05) is 26.0 Å². The Labute approximate surface area is 399 Å². The van der Waals surface area contributed by atoms with Gasteiger partial charge in [-0.15, -0.1) is 0 Å². The SMILES string of the molecule is C1CCOC1.CC(C)(C)OC(=O)OC(=O)OC(C)(C)C.CCCOCCOCCN(C(=O)OC(C)(C)C)c1cc(CO)cc(CO)c1.CCCOCCOCCNc1cc(CO)cc(CO)c1. The van der Waals surface area contributed by atoms with Crippen LogP contribution in [0.2, 0.25) is 0 Å². The maximum Gasteiger partial charge on any atom is 0.519 e. The van der Waals surface area contributed by atoms with Gasteiger partial charge in [0.2, 0.25) is 0 Å². The molecule has 67 heavy (non-hydrogen) atoms. The summed E-state index contributed by atoms with van der Waals surface area (Å²) >= 11 is 0. The number of nitrogens with zero attached hydrogens (tertiary/aromatic N) is 1. The molecule has 0 bridgehead atoms. The number of benzene rings is 2. The van der Waals surface area contributed by atoms with E-state index < -0.39 is 35.2 Å². The molecule has 386 valence electrons. The van der Waals surface area contributed by atoms with E-state index in [-0.39, 0.29) is 33.0 Å². The molecule has 2 aromatic rings. The van der Waals surface area contributed by atoms with Gasteiger partial charge in [0.1, 0.15) is 16.8 Å². The summed E-state index contributed by atoms with van der Waals surface area (Å²) < 4.78 is 45.9. The van der Waals surface area contributed by atoms with Gasteiger partial charge in [0.25, 0.3) is 0 Å². The highest BCUT2D eigenvalue weighted by Crippen LogP contribution is 2.23. The van der Waals surface area contributed by atoms with E-state index >= 15 is 0 Å². The first-order valence-corrected chi connectivity index (χ1v) is 23.1. The summed E-state index contributed by atoms with van der Waals surface area (Å²) in [5.41, 5.74) is 2.19. The Hall–Kier alpha value is -4.11. The van der Waals surface area contributed by atoms with Crippen LogP contribution in [0.1, 0.15) is 124 Å². The molecule has 3 rings (SSSR count). The fraction of sp³-hybridized carbons (Fsp3) is 0.694. The lowest BCUT2D eigenvalue weighted by atomic mass is 10.1. The Bertz CT molecular complexity index is 1540. The molecule has 2 aromatic carbocycles. The first-order chi connectivity index (χ1) is 31.6. The van der Waals surface area contributed by atoms with Crippen LogP contribution in [0.4, 0.5) is 25.8 Å². The fourth-order valence-corrected chi connectivity index (χ4v) is 5.25. The Morgan fingerprint density at radius 2 is 0.940 bits per heavy atom. The molecular weight excluding hydrogens is 873 g/mol. The van der Waals surface area contributed by atoms with Crippen molar-refractivity contribution in [1.82, 2.24) is 0 Å². The zero-order valence-corrected chi connectivity index (χ0v) is 42.2. The third-order valence-corrected chi connectivity index (χ3v) is 7.99. The molecule has 1 amide bonds. The maximum atomic E-state index is 12.7. The number of rotatable bonds is 22. The number of carbonyl (C=O) groups excluding carboxylic acids is 3. The topological polar surface area (TPSA) is 230 Å². The predicted octanol–water partition coefficient (Wildman–Crippen LogP) is 8.05. The van der Waals surface area contributed by atoms with Crippen LogP contribution in [-0.4, -0.2) is 135 Å². The fourth-order valence-electron chi connectivity index (χ4n) is 5.25. The normalized spacial score (nSPS) is 12.3.